The molecule has 0 bridgehead atoms. The molecule has 2 amide bonds. The van der Waals surface area contributed by atoms with Crippen molar-refractivity contribution in [3.63, 3.8) is 0 Å². The van der Waals surface area contributed by atoms with Crippen LogP contribution in [0.25, 0.3) is 11.1 Å². The molecule has 1 N–H and O–H groups in total. The molecule has 5 nitrogen and oxygen atoms in total. The maximum Gasteiger partial charge on any atom is 0.224 e. The van der Waals surface area contributed by atoms with E-state index in [1.807, 2.05) is 4.90 Å². The molecule has 1 heterocycles. The Kier molecular flexibility index (Phi) is 7.52. The van der Waals surface area contributed by atoms with Crippen molar-refractivity contribution in [3.8, 4) is 11.1 Å². The fraction of sp³-hybridized carbons (Fsp3) is 0.391. The lowest BCUT2D eigenvalue weighted by molar-refractivity contribution is -0.130. The lowest BCUT2D eigenvalue weighted by Crippen LogP contribution is -2.48. The number of piperazine rings is 1. The molecule has 160 valence electrons. The van der Waals surface area contributed by atoms with Gasteiger partial charge in [-0.3, -0.25) is 14.5 Å². The summed E-state index contributed by atoms with van der Waals surface area (Å²) in [6.45, 7) is 5.79. The van der Waals surface area contributed by atoms with Crippen LogP contribution in [0, 0.1) is 11.6 Å². The Bertz CT molecular complexity index is 896. The summed E-state index contributed by atoms with van der Waals surface area (Å²) >= 11 is 0. The summed E-state index contributed by atoms with van der Waals surface area (Å²) in [7, 11) is 0. The van der Waals surface area contributed by atoms with Crippen LogP contribution in [0.5, 0.6) is 0 Å². The average Bonchev–Trinajstić information content (AvgIpc) is 2.72. The molecule has 1 fully saturated rings. The van der Waals surface area contributed by atoms with Gasteiger partial charge in [0, 0.05) is 56.8 Å². The maximum atomic E-state index is 14.0. The number of rotatable bonds is 7. The average molecular weight is 415 g/mol. The summed E-state index contributed by atoms with van der Waals surface area (Å²) in [5, 5.41) is 2.85. The number of nitrogens with one attached hydrogen (secondary N) is 1. The molecule has 0 aromatic heterocycles. The van der Waals surface area contributed by atoms with Gasteiger partial charge in [-0.25, -0.2) is 8.78 Å². The zero-order valence-corrected chi connectivity index (χ0v) is 17.2. The minimum Gasteiger partial charge on any atom is -0.340 e. The van der Waals surface area contributed by atoms with Crippen molar-refractivity contribution in [1.82, 2.24) is 9.80 Å². The molecule has 3 rings (SSSR count). The fourth-order valence-electron chi connectivity index (χ4n) is 3.62. The van der Waals surface area contributed by atoms with Crippen molar-refractivity contribution < 1.29 is 18.4 Å². The van der Waals surface area contributed by atoms with E-state index < -0.39 is 11.6 Å². The van der Waals surface area contributed by atoms with Gasteiger partial charge in [0.25, 0.3) is 0 Å². The van der Waals surface area contributed by atoms with E-state index in [2.05, 4.69) is 10.2 Å². The summed E-state index contributed by atoms with van der Waals surface area (Å²) in [5.41, 5.74) is 1.45. The first kappa shape index (κ1) is 21.9. The molecule has 0 aliphatic carbocycles. The third-order valence-electron chi connectivity index (χ3n) is 5.33. The van der Waals surface area contributed by atoms with Crippen LogP contribution in [0.1, 0.15) is 26.2 Å². The zero-order valence-electron chi connectivity index (χ0n) is 17.2. The van der Waals surface area contributed by atoms with Crippen LogP contribution in [0.3, 0.4) is 0 Å². The Morgan fingerprint density at radius 1 is 1.00 bits per heavy atom. The van der Waals surface area contributed by atoms with E-state index in [-0.39, 0.29) is 17.4 Å². The predicted octanol–water partition coefficient (Wildman–Crippen LogP) is 3.90. The summed E-state index contributed by atoms with van der Waals surface area (Å²) in [5.74, 6) is -1.23. The van der Waals surface area contributed by atoms with E-state index in [1.54, 1.807) is 31.2 Å². The highest BCUT2D eigenvalue weighted by Crippen LogP contribution is 2.26. The minimum absolute atomic E-state index is 0.0897. The molecule has 1 aliphatic heterocycles. The normalized spacial score (nSPS) is 14.6. The molecule has 7 heteroatoms. The minimum atomic E-state index is -0.636. The number of carbonyl (C=O) groups excluding carboxylic acids is 2. The van der Waals surface area contributed by atoms with Crippen molar-refractivity contribution in [2.45, 2.75) is 26.2 Å². The monoisotopic (exact) mass is 415 g/mol. The van der Waals surface area contributed by atoms with Gasteiger partial charge < -0.3 is 10.2 Å². The Labute approximate surface area is 175 Å². The van der Waals surface area contributed by atoms with E-state index in [0.717, 1.165) is 51.6 Å². The first-order chi connectivity index (χ1) is 14.4. The predicted molar refractivity (Wildman–Crippen MR) is 113 cm³/mol. The number of nitrogens with zero attached hydrogens (tertiary/aromatic N) is 2. The first-order valence-electron chi connectivity index (χ1n) is 10.3. The van der Waals surface area contributed by atoms with Gasteiger partial charge in [-0.15, -0.1) is 0 Å². The van der Waals surface area contributed by atoms with Gasteiger partial charge in [-0.05, 0) is 49.2 Å². The van der Waals surface area contributed by atoms with Gasteiger partial charge in [0.2, 0.25) is 11.8 Å². The standard InChI is InChI=1S/C23H27F2N3O2/c1-17(29)28-13-11-27(12-14-28)10-3-2-7-23(30)26-20-6-4-5-18(15-20)21-9-8-19(24)16-22(21)25/h4-6,8-9,15-16H,2-3,7,10-14H2,1H3,(H,26,30). The Balaban J connectivity index is 1.43. The Hall–Kier alpha value is -2.80. The van der Waals surface area contributed by atoms with Gasteiger partial charge in [0.05, 0.1) is 0 Å². The van der Waals surface area contributed by atoms with Gasteiger partial charge in [-0.1, -0.05) is 12.1 Å². The number of hydrogen-bond acceptors (Lipinski definition) is 3. The van der Waals surface area contributed by atoms with Gasteiger partial charge in [0.15, 0.2) is 0 Å². The lowest BCUT2D eigenvalue weighted by atomic mass is 10.0. The zero-order chi connectivity index (χ0) is 21.5. The van der Waals surface area contributed by atoms with E-state index in [4.69, 9.17) is 0 Å². The van der Waals surface area contributed by atoms with E-state index >= 15 is 0 Å². The molecule has 0 unspecified atom stereocenters. The number of hydrogen-bond donors (Lipinski definition) is 1. The highest BCUT2D eigenvalue weighted by molar-refractivity contribution is 5.91. The van der Waals surface area contributed by atoms with Crippen LogP contribution in [0.4, 0.5) is 14.5 Å². The van der Waals surface area contributed by atoms with Crippen LogP contribution in [0.15, 0.2) is 42.5 Å². The van der Waals surface area contributed by atoms with Crippen molar-refractivity contribution >= 4 is 17.5 Å². The van der Waals surface area contributed by atoms with E-state index in [9.17, 15) is 18.4 Å². The number of anilines is 1. The van der Waals surface area contributed by atoms with Crippen LogP contribution in [-0.4, -0.2) is 54.3 Å². The fourth-order valence-corrected chi connectivity index (χ4v) is 3.62. The quantitative estimate of drug-likeness (QED) is 0.698. The van der Waals surface area contributed by atoms with Gasteiger partial charge >= 0.3 is 0 Å². The molecule has 0 spiro atoms. The van der Waals surface area contributed by atoms with Crippen molar-refractivity contribution in [2.24, 2.45) is 0 Å². The third-order valence-corrected chi connectivity index (χ3v) is 5.33. The van der Waals surface area contributed by atoms with E-state index in [1.165, 1.54) is 12.1 Å². The largest absolute Gasteiger partial charge is 0.340 e. The summed E-state index contributed by atoms with van der Waals surface area (Å²) < 4.78 is 27.1. The molecule has 0 atom stereocenters. The molecular formula is C23H27F2N3O2. The summed E-state index contributed by atoms with van der Waals surface area (Å²) in [4.78, 5) is 27.8. The number of halogens is 2. The smallest absolute Gasteiger partial charge is 0.224 e. The molecule has 0 saturated carbocycles. The molecule has 0 radical (unpaired) electrons. The van der Waals surface area contributed by atoms with Gasteiger partial charge in [-0.2, -0.15) is 0 Å². The number of carbonyl (C=O) groups is 2. The Morgan fingerprint density at radius 3 is 2.47 bits per heavy atom. The second kappa shape index (κ2) is 10.3. The second-order valence-electron chi connectivity index (χ2n) is 7.56. The molecule has 1 saturated heterocycles. The second-order valence-corrected chi connectivity index (χ2v) is 7.56. The summed E-state index contributed by atoms with van der Waals surface area (Å²) in [6, 6.07) is 10.3. The van der Waals surface area contributed by atoms with E-state index in [0.29, 0.717) is 17.7 Å². The van der Waals surface area contributed by atoms with Crippen molar-refractivity contribution in [2.75, 3.05) is 38.0 Å². The number of amides is 2. The van der Waals surface area contributed by atoms with Crippen molar-refractivity contribution in [3.05, 3.63) is 54.1 Å². The van der Waals surface area contributed by atoms with Crippen LogP contribution in [-0.2, 0) is 9.59 Å². The molecular weight excluding hydrogens is 388 g/mol. The number of benzene rings is 2. The molecule has 2 aromatic rings. The van der Waals surface area contributed by atoms with Crippen molar-refractivity contribution in [1.29, 1.82) is 0 Å². The molecule has 1 aliphatic rings. The summed E-state index contributed by atoms with van der Waals surface area (Å²) in [6.07, 6.45) is 2.09. The third kappa shape index (κ3) is 6.10. The molecule has 30 heavy (non-hydrogen) atoms. The highest BCUT2D eigenvalue weighted by atomic mass is 19.1. The van der Waals surface area contributed by atoms with Crippen LogP contribution < -0.4 is 5.32 Å². The SMILES string of the molecule is CC(=O)N1CCN(CCCCC(=O)Nc2cccc(-c3ccc(F)cc3F)c2)CC1. The Morgan fingerprint density at radius 2 is 1.77 bits per heavy atom. The van der Waals surface area contributed by atoms with Crippen LogP contribution in [0.2, 0.25) is 0 Å². The first-order valence-corrected chi connectivity index (χ1v) is 10.3. The lowest BCUT2D eigenvalue weighted by Gasteiger charge is -2.34. The topological polar surface area (TPSA) is 52.7 Å². The highest BCUT2D eigenvalue weighted by Gasteiger charge is 2.18. The van der Waals surface area contributed by atoms with Crippen LogP contribution >= 0.6 is 0 Å². The maximum absolute atomic E-state index is 14.0. The molecule has 2 aromatic carbocycles. The van der Waals surface area contributed by atoms with Gasteiger partial charge in [0.1, 0.15) is 11.6 Å². The number of unbranched alkanes of at least 4 members (excludes halogenated alkanes) is 1.